The van der Waals surface area contributed by atoms with Crippen molar-refractivity contribution in [3.63, 3.8) is 0 Å². The zero-order chi connectivity index (χ0) is 35.6. The highest BCUT2D eigenvalue weighted by atomic mass is 32.2. The quantitative estimate of drug-likeness (QED) is 0.0935. The minimum absolute atomic E-state index is 0.0991. The van der Waals surface area contributed by atoms with Crippen LogP contribution in [0.25, 0.3) is 17.2 Å². The average molecular weight is 688 g/mol. The van der Waals surface area contributed by atoms with E-state index in [2.05, 4.69) is 16.0 Å². The van der Waals surface area contributed by atoms with Crippen molar-refractivity contribution in [3.05, 3.63) is 191 Å². The Balaban J connectivity index is 1.20. The second-order valence-corrected chi connectivity index (χ2v) is 13.2. The Kier molecular flexibility index (Phi) is 11.2. The van der Waals surface area contributed by atoms with E-state index in [1.807, 2.05) is 135 Å². The molecule has 6 rings (SSSR count). The predicted molar refractivity (Wildman–Crippen MR) is 208 cm³/mol. The summed E-state index contributed by atoms with van der Waals surface area (Å²) in [7, 11) is 0. The van der Waals surface area contributed by atoms with Crippen molar-refractivity contribution in [2.45, 2.75) is 24.0 Å². The van der Waals surface area contributed by atoms with Crippen molar-refractivity contribution in [2.75, 3.05) is 10.6 Å². The van der Waals surface area contributed by atoms with Crippen LogP contribution < -0.4 is 16.0 Å². The molecule has 6 nitrogen and oxygen atoms in total. The van der Waals surface area contributed by atoms with Crippen molar-refractivity contribution < 1.29 is 14.4 Å². The van der Waals surface area contributed by atoms with E-state index in [1.54, 1.807) is 42.5 Å². The Morgan fingerprint density at radius 3 is 1.88 bits per heavy atom. The fourth-order valence-corrected chi connectivity index (χ4v) is 6.54. The fourth-order valence-electron chi connectivity index (χ4n) is 5.52. The summed E-state index contributed by atoms with van der Waals surface area (Å²) < 4.78 is 0. The van der Waals surface area contributed by atoms with E-state index in [9.17, 15) is 14.4 Å². The Morgan fingerprint density at radius 2 is 1.24 bits per heavy atom. The third-order valence-corrected chi connectivity index (χ3v) is 9.47. The maximum atomic E-state index is 13.7. The number of benzene rings is 6. The van der Waals surface area contributed by atoms with Crippen LogP contribution in [0.5, 0.6) is 0 Å². The number of nitrogens with one attached hydrogen (secondary N) is 3. The fraction of sp³-hybridized carbons (Fsp3) is 0.0682. The largest absolute Gasteiger partial charge is 0.325 e. The molecule has 7 heteroatoms. The maximum absolute atomic E-state index is 13.7. The first kappa shape index (κ1) is 34.7. The molecule has 6 aromatic carbocycles. The highest BCUT2D eigenvalue weighted by Gasteiger charge is 2.23. The summed E-state index contributed by atoms with van der Waals surface area (Å²) in [6, 6.07) is 49.5. The van der Waals surface area contributed by atoms with Crippen LogP contribution in [0.2, 0.25) is 0 Å². The topological polar surface area (TPSA) is 87.3 Å². The number of hydrogen-bond acceptors (Lipinski definition) is 4. The van der Waals surface area contributed by atoms with Gasteiger partial charge in [-0.3, -0.25) is 14.4 Å². The molecule has 0 aliphatic carbocycles. The van der Waals surface area contributed by atoms with Crippen LogP contribution in [0.3, 0.4) is 0 Å². The van der Waals surface area contributed by atoms with Gasteiger partial charge in [0, 0.05) is 21.8 Å². The van der Waals surface area contributed by atoms with Gasteiger partial charge in [-0.1, -0.05) is 121 Å². The molecule has 1 atom stereocenters. The first-order chi connectivity index (χ1) is 24.8. The lowest BCUT2D eigenvalue weighted by Gasteiger charge is -2.18. The zero-order valence-corrected chi connectivity index (χ0v) is 29.1. The second kappa shape index (κ2) is 16.5. The molecule has 0 radical (unpaired) electrons. The van der Waals surface area contributed by atoms with Crippen LogP contribution in [0.1, 0.15) is 37.9 Å². The number of carbonyl (C=O) groups is 3. The van der Waals surface area contributed by atoms with E-state index in [0.29, 0.717) is 11.3 Å². The molecule has 0 saturated carbocycles. The molecule has 252 valence electrons. The maximum Gasteiger partial charge on any atom is 0.272 e. The summed E-state index contributed by atoms with van der Waals surface area (Å²) >= 11 is 1.43. The van der Waals surface area contributed by atoms with Gasteiger partial charge in [0.05, 0.1) is 0 Å². The van der Waals surface area contributed by atoms with Gasteiger partial charge in [0.2, 0.25) is 5.91 Å². The summed E-state index contributed by atoms with van der Waals surface area (Å²) in [4.78, 5) is 41.3. The lowest BCUT2D eigenvalue weighted by molar-refractivity contribution is -0.116. The molecule has 6 aromatic rings. The van der Waals surface area contributed by atoms with Crippen molar-refractivity contribution in [1.82, 2.24) is 5.32 Å². The van der Waals surface area contributed by atoms with E-state index in [-0.39, 0.29) is 11.6 Å². The molecule has 3 amide bonds. The van der Waals surface area contributed by atoms with E-state index >= 15 is 0 Å². The van der Waals surface area contributed by atoms with E-state index in [4.69, 9.17) is 0 Å². The van der Waals surface area contributed by atoms with Gasteiger partial charge in [-0.15, -0.1) is 11.8 Å². The second-order valence-electron chi connectivity index (χ2n) is 12.1. The molecular formula is C44H37N3O3S. The Hall–Kier alpha value is -6.18. The number of hydrogen-bond donors (Lipinski definition) is 3. The van der Waals surface area contributed by atoms with Crippen molar-refractivity contribution in [2.24, 2.45) is 0 Å². The van der Waals surface area contributed by atoms with Gasteiger partial charge < -0.3 is 16.0 Å². The number of amides is 3. The number of aryl methyl sites for hydroxylation is 2. The Labute approximate surface area is 302 Å². The number of carbonyl (C=O) groups excluding carboxylic acids is 3. The molecule has 0 heterocycles. The van der Waals surface area contributed by atoms with Crippen LogP contribution in [-0.4, -0.2) is 17.7 Å². The van der Waals surface area contributed by atoms with Crippen molar-refractivity contribution >= 4 is 46.9 Å². The molecule has 3 N–H and O–H groups in total. The first-order valence-corrected chi connectivity index (χ1v) is 17.4. The molecule has 0 fully saturated rings. The molecular weight excluding hydrogens is 651 g/mol. The monoisotopic (exact) mass is 687 g/mol. The SMILES string of the molecule is Cc1ccc(NC(=O)C(Sc2ccc(NC(=O)/C(=C/c3ccc(-c4ccccc4)cc3)NC(=O)c3ccccc3)cc2)c2ccccc2)c(C)c1. The van der Waals surface area contributed by atoms with E-state index in [0.717, 1.165) is 44.0 Å². The lowest BCUT2D eigenvalue weighted by Crippen LogP contribution is -2.30. The number of anilines is 2. The summed E-state index contributed by atoms with van der Waals surface area (Å²) in [6.45, 7) is 4.01. The smallest absolute Gasteiger partial charge is 0.272 e. The molecule has 0 aromatic heterocycles. The summed E-state index contributed by atoms with van der Waals surface area (Å²) in [6.07, 6.45) is 1.66. The standard InChI is InChI=1S/C44H37N3O3S/c1-30-18-27-39(31(2)28-30)46-44(50)41(35-14-8-4-9-15-35)51-38-25-23-37(24-26-38)45-43(49)40(47-42(48)36-16-10-5-11-17-36)29-32-19-21-34(22-20-32)33-12-6-3-7-13-33/h3-29,41H,1-2H3,(H,45,49)(H,46,50)(H,47,48)/b40-29-. The summed E-state index contributed by atoms with van der Waals surface area (Å²) in [5, 5.41) is 8.33. The third kappa shape index (κ3) is 9.29. The molecule has 51 heavy (non-hydrogen) atoms. The number of thioether (sulfide) groups is 1. The van der Waals surface area contributed by atoms with Gasteiger partial charge in [0.15, 0.2) is 0 Å². The molecule has 0 spiro atoms. The third-order valence-electron chi connectivity index (χ3n) is 8.20. The van der Waals surface area contributed by atoms with Crippen LogP contribution in [-0.2, 0) is 9.59 Å². The van der Waals surface area contributed by atoms with Gasteiger partial charge in [-0.2, -0.15) is 0 Å². The molecule has 0 aliphatic rings. The van der Waals surface area contributed by atoms with E-state index in [1.165, 1.54) is 11.8 Å². The summed E-state index contributed by atoms with van der Waals surface area (Å²) in [5.41, 5.74) is 7.75. The van der Waals surface area contributed by atoms with Crippen LogP contribution in [0.15, 0.2) is 168 Å². The van der Waals surface area contributed by atoms with E-state index < -0.39 is 17.1 Å². The average Bonchev–Trinajstić information content (AvgIpc) is 3.16. The van der Waals surface area contributed by atoms with Gasteiger partial charge in [0.25, 0.3) is 11.8 Å². The first-order valence-electron chi connectivity index (χ1n) is 16.6. The van der Waals surface area contributed by atoms with Crippen LogP contribution in [0.4, 0.5) is 11.4 Å². The Bertz CT molecular complexity index is 2150. The highest BCUT2D eigenvalue weighted by Crippen LogP contribution is 2.37. The predicted octanol–water partition coefficient (Wildman–Crippen LogP) is 9.85. The minimum Gasteiger partial charge on any atom is -0.325 e. The van der Waals surface area contributed by atoms with Gasteiger partial charge in [0.1, 0.15) is 10.9 Å². The molecule has 1 unspecified atom stereocenters. The van der Waals surface area contributed by atoms with Crippen molar-refractivity contribution in [3.8, 4) is 11.1 Å². The summed E-state index contributed by atoms with van der Waals surface area (Å²) in [5.74, 6) is -0.992. The highest BCUT2D eigenvalue weighted by molar-refractivity contribution is 8.00. The molecule has 0 bridgehead atoms. The normalized spacial score (nSPS) is 11.7. The lowest BCUT2D eigenvalue weighted by atomic mass is 10.0. The zero-order valence-electron chi connectivity index (χ0n) is 28.3. The van der Waals surface area contributed by atoms with Gasteiger partial charge in [-0.25, -0.2) is 0 Å². The van der Waals surface area contributed by atoms with Crippen LogP contribution in [0, 0.1) is 13.8 Å². The molecule has 0 aliphatic heterocycles. The minimum atomic E-state index is -0.511. The van der Waals surface area contributed by atoms with Crippen LogP contribution >= 0.6 is 11.8 Å². The van der Waals surface area contributed by atoms with Gasteiger partial charge in [-0.05, 0) is 90.2 Å². The number of rotatable bonds is 11. The van der Waals surface area contributed by atoms with Gasteiger partial charge >= 0.3 is 0 Å². The van der Waals surface area contributed by atoms with Crippen molar-refractivity contribution in [1.29, 1.82) is 0 Å². The molecule has 0 saturated heterocycles. The Morgan fingerprint density at radius 1 is 0.627 bits per heavy atom.